The van der Waals surface area contributed by atoms with Crippen LogP contribution in [0.1, 0.15) is 24.0 Å². The Morgan fingerprint density at radius 2 is 1.87 bits per heavy atom. The molecule has 3 saturated heterocycles. The van der Waals surface area contributed by atoms with Gasteiger partial charge in [0.25, 0.3) is 0 Å². The van der Waals surface area contributed by atoms with Gasteiger partial charge >= 0.3 is 0 Å². The van der Waals surface area contributed by atoms with Crippen molar-refractivity contribution >= 4 is 39.3 Å². The van der Waals surface area contributed by atoms with Crippen LogP contribution in [-0.2, 0) is 26.5 Å². The van der Waals surface area contributed by atoms with E-state index >= 15 is 0 Å². The molecule has 1 spiro atoms. The lowest BCUT2D eigenvalue weighted by atomic mass is 9.75. The summed E-state index contributed by atoms with van der Waals surface area (Å²) in [5, 5.41) is 3.00. The summed E-state index contributed by atoms with van der Waals surface area (Å²) in [7, 11) is 0. The lowest BCUT2D eigenvalue weighted by Gasteiger charge is -2.36. The number of nitrogens with one attached hydrogen (secondary N) is 1. The number of amides is 3. The Morgan fingerprint density at radius 1 is 1.07 bits per heavy atom. The second kappa shape index (κ2) is 6.25. The number of fused-ring (bicyclic) bond motifs is 7. The van der Waals surface area contributed by atoms with E-state index in [1.807, 2.05) is 48.5 Å². The average Bonchev–Trinajstić information content (AvgIpc) is 3.44. The predicted molar refractivity (Wildman–Crippen MR) is 113 cm³/mol. The van der Waals surface area contributed by atoms with E-state index in [1.165, 1.54) is 4.90 Å². The highest BCUT2D eigenvalue weighted by molar-refractivity contribution is 9.10. The SMILES string of the molecule is O=C1C2C3CCCN3C3(C(=O)Nc4ccc(Br)cc43)C2C(=O)N1Cc1ccccc1. The number of anilines is 1. The van der Waals surface area contributed by atoms with Crippen LogP contribution in [0, 0.1) is 11.8 Å². The van der Waals surface area contributed by atoms with Crippen LogP contribution in [0.25, 0.3) is 0 Å². The van der Waals surface area contributed by atoms with E-state index in [1.54, 1.807) is 0 Å². The van der Waals surface area contributed by atoms with Crippen molar-refractivity contribution in [2.24, 2.45) is 11.8 Å². The molecule has 3 fully saturated rings. The summed E-state index contributed by atoms with van der Waals surface area (Å²) in [6, 6.07) is 15.2. The van der Waals surface area contributed by atoms with Crippen LogP contribution in [0.5, 0.6) is 0 Å². The fourth-order valence-corrected chi connectivity index (χ4v) is 6.52. The van der Waals surface area contributed by atoms with Crippen LogP contribution in [0.15, 0.2) is 53.0 Å². The summed E-state index contributed by atoms with van der Waals surface area (Å²) in [6.07, 6.45) is 1.75. The topological polar surface area (TPSA) is 69.7 Å². The molecule has 0 radical (unpaired) electrons. The van der Waals surface area contributed by atoms with Gasteiger partial charge in [0.15, 0.2) is 0 Å². The maximum Gasteiger partial charge on any atom is 0.250 e. The Hall–Kier alpha value is -2.51. The van der Waals surface area contributed by atoms with E-state index in [-0.39, 0.29) is 30.3 Å². The number of carbonyl (C=O) groups is 3. The summed E-state index contributed by atoms with van der Waals surface area (Å²) >= 11 is 3.52. The zero-order chi connectivity index (χ0) is 20.6. The Kier molecular flexibility index (Phi) is 3.81. The van der Waals surface area contributed by atoms with E-state index in [0.717, 1.165) is 40.7 Å². The molecule has 4 unspecified atom stereocenters. The molecule has 4 aliphatic heterocycles. The van der Waals surface area contributed by atoms with Gasteiger partial charge in [0.2, 0.25) is 17.7 Å². The van der Waals surface area contributed by atoms with E-state index in [2.05, 4.69) is 26.1 Å². The molecular weight excluding hydrogens is 446 g/mol. The van der Waals surface area contributed by atoms with Crippen LogP contribution in [-0.4, -0.2) is 40.1 Å². The number of rotatable bonds is 2. The molecule has 6 nitrogen and oxygen atoms in total. The van der Waals surface area contributed by atoms with Gasteiger partial charge in [-0.25, -0.2) is 0 Å². The van der Waals surface area contributed by atoms with Gasteiger partial charge in [0, 0.05) is 21.8 Å². The third kappa shape index (κ3) is 2.14. The van der Waals surface area contributed by atoms with Crippen molar-refractivity contribution in [3.05, 3.63) is 64.1 Å². The van der Waals surface area contributed by atoms with Crippen molar-refractivity contribution in [1.29, 1.82) is 0 Å². The maximum absolute atomic E-state index is 13.7. The Labute approximate surface area is 182 Å². The molecule has 4 aliphatic rings. The Bertz CT molecular complexity index is 1100. The van der Waals surface area contributed by atoms with Crippen molar-refractivity contribution in [2.45, 2.75) is 31.0 Å². The molecule has 0 aromatic heterocycles. The van der Waals surface area contributed by atoms with Gasteiger partial charge in [-0.05, 0) is 43.1 Å². The van der Waals surface area contributed by atoms with E-state index in [4.69, 9.17) is 0 Å². The third-order valence-electron chi connectivity index (χ3n) is 7.23. The number of hydrogen-bond acceptors (Lipinski definition) is 4. The molecule has 7 heteroatoms. The predicted octanol–water partition coefficient (Wildman–Crippen LogP) is 2.88. The summed E-state index contributed by atoms with van der Waals surface area (Å²) < 4.78 is 0.856. The largest absolute Gasteiger partial charge is 0.324 e. The van der Waals surface area contributed by atoms with Gasteiger partial charge < -0.3 is 5.32 Å². The van der Waals surface area contributed by atoms with Crippen LogP contribution >= 0.6 is 15.9 Å². The van der Waals surface area contributed by atoms with Crippen molar-refractivity contribution in [1.82, 2.24) is 9.80 Å². The molecule has 0 bridgehead atoms. The lowest BCUT2D eigenvalue weighted by molar-refractivity contribution is -0.146. The van der Waals surface area contributed by atoms with Crippen molar-refractivity contribution in [3.63, 3.8) is 0 Å². The number of hydrogen-bond donors (Lipinski definition) is 1. The highest BCUT2D eigenvalue weighted by Crippen LogP contribution is 2.60. The van der Waals surface area contributed by atoms with Gasteiger partial charge in [-0.2, -0.15) is 0 Å². The fourth-order valence-electron chi connectivity index (χ4n) is 6.16. The molecule has 4 heterocycles. The molecular formula is C23H20BrN3O3. The highest BCUT2D eigenvalue weighted by atomic mass is 79.9. The first-order valence-corrected chi connectivity index (χ1v) is 11.1. The first-order valence-electron chi connectivity index (χ1n) is 10.3. The number of imide groups is 1. The summed E-state index contributed by atoms with van der Waals surface area (Å²) in [6.45, 7) is 0.970. The normalized spacial score (nSPS) is 32.0. The molecule has 2 aromatic rings. The van der Waals surface area contributed by atoms with Gasteiger partial charge in [0.05, 0.1) is 18.4 Å². The molecule has 4 atom stereocenters. The first kappa shape index (κ1) is 18.3. The highest BCUT2D eigenvalue weighted by Gasteiger charge is 2.74. The van der Waals surface area contributed by atoms with Crippen molar-refractivity contribution in [3.8, 4) is 0 Å². The summed E-state index contributed by atoms with van der Waals surface area (Å²) in [5.41, 5.74) is 1.35. The second-order valence-corrected chi connectivity index (χ2v) is 9.48. The van der Waals surface area contributed by atoms with Crippen molar-refractivity contribution in [2.75, 3.05) is 11.9 Å². The van der Waals surface area contributed by atoms with Crippen molar-refractivity contribution < 1.29 is 14.4 Å². The summed E-state index contributed by atoms with van der Waals surface area (Å²) in [4.78, 5) is 44.3. The third-order valence-corrected chi connectivity index (χ3v) is 7.72. The molecule has 152 valence electrons. The summed E-state index contributed by atoms with van der Waals surface area (Å²) in [5.74, 6) is -1.71. The molecule has 0 aliphatic carbocycles. The van der Waals surface area contributed by atoms with Gasteiger partial charge in [-0.3, -0.25) is 24.2 Å². The standard InChI is InChI=1S/C23H20BrN3O3/c24-14-8-9-16-15(11-14)23(22(30)25-16)19-18(17-7-4-10-27(17)23)20(28)26(21(19)29)12-13-5-2-1-3-6-13/h1-3,5-6,8-9,11,17-19H,4,7,10,12H2,(H,25,30). The minimum Gasteiger partial charge on any atom is -0.324 e. The van der Waals surface area contributed by atoms with Crippen LogP contribution in [0.3, 0.4) is 0 Å². The van der Waals surface area contributed by atoms with Crippen LogP contribution < -0.4 is 5.32 Å². The van der Waals surface area contributed by atoms with Gasteiger partial charge in [0.1, 0.15) is 5.54 Å². The Balaban J connectivity index is 1.50. The lowest BCUT2D eigenvalue weighted by Crippen LogP contribution is -2.54. The van der Waals surface area contributed by atoms with E-state index in [0.29, 0.717) is 0 Å². The molecule has 0 saturated carbocycles. The number of carbonyl (C=O) groups excluding carboxylic acids is 3. The Morgan fingerprint density at radius 3 is 2.67 bits per heavy atom. The van der Waals surface area contributed by atoms with Crippen LogP contribution in [0.4, 0.5) is 5.69 Å². The average molecular weight is 466 g/mol. The number of halogens is 1. The van der Waals surface area contributed by atoms with E-state index in [9.17, 15) is 14.4 Å². The second-order valence-electron chi connectivity index (χ2n) is 8.57. The maximum atomic E-state index is 13.7. The fraction of sp³-hybridized carbons (Fsp3) is 0.348. The smallest absolute Gasteiger partial charge is 0.250 e. The molecule has 30 heavy (non-hydrogen) atoms. The monoisotopic (exact) mass is 465 g/mol. The minimum atomic E-state index is -1.11. The van der Waals surface area contributed by atoms with Gasteiger partial charge in [-0.1, -0.05) is 46.3 Å². The molecule has 3 amide bonds. The zero-order valence-electron chi connectivity index (χ0n) is 16.2. The van der Waals surface area contributed by atoms with E-state index < -0.39 is 17.4 Å². The number of nitrogens with zero attached hydrogens (tertiary/aromatic N) is 2. The molecule has 2 aromatic carbocycles. The number of benzene rings is 2. The zero-order valence-corrected chi connectivity index (χ0v) is 17.8. The first-order chi connectivity index (χ1) is 14.5. The molecule has 1 N–H and O–H groups in total. The number of likely N-dealkylation sites (tertiary alicyclic amines) is 1. The quantitative estimate of drug-likeness (QED) is 0.692. The van der Waals surface area contributed by atoms with Crippen LogP contribution in [0.2, 0.25) is 0 Å². The van der Waals surface area contributed by atoms with Gasteiger partial charge in [-0.15, -0.1) is 0 Å². The minimum absolute atomic E-state index is 0.0806. The molecule has 6 rings (SSSR count).